The Morgan fingerprint density at radius 3 is 3.20 bits per heavy atom. The fourth-order valence-electron chi connectivity index (χ4n) is 0.720. The van der Waals surface area contributed by atoms with Crippen molar-refractivity contribution in [3.63, 3.8) is 0 Å². The summed E-state index contributed by atoms with van der Waals surface area (Å²) in [7, 11) is 1.75. The van der Waals surface area contributed by atoms with Crippen molar-refractivity contribution >= 4 is 12.4 Å². The van der Waals surface area contributed by atoms with E-state index in [-0.39, 0.29) is 0 Å². The molecule has 1 aliphatic heterocycles. The first-order valence-electron chi connectivity index (χ1n) is 3.21. The van der Waals surface area contributed by atoms with Gasteiger partial charge in [-0.3, -0.25) is 9.98 Å². The van der Waals surface area contributed by atoms with Gasteiger partial charge in [-0.05, 0) is 17.7 Å². The number of aliphatic imine (C=N–C) groups is 2. The van der Waals surface area contributed by atoms with Gasteiger partial charge in [0.25, 0.3) is 0 Å². The second-order valence-electron chi connectivity index (χ2n) is 2.00. The minimum Gasteiger partial charge on any atom is -0.297 e. The van der Waals surface area contributed by atoms with Gasteiger partial charge in [-0.25, -0.2) is 0 Å². The fraction of sp³-hybridized carbons (Fsp3) is 0.250. The molecule has 0 aliphatic carbocycles. The first kappa shape index (κ1) is 6.93. The molecule has 0 aromatic rings. The summed E-state index contributed by atoms with van der Waals surface area (Å²) in [4.78, 5) is 7.85. The van der Waals surface area contributed by atoms with E-state index in [9.17, 15) is 0 Å². The predicted molar refractivity (Wildman–Crippen MR) is 45.0 cm³/mol. The molecule has 0 spiro atoms. The van der Waals surface area contributed by atoms with Crippen LogP contribution in [-0.2, 0) is 0 Å². The number of nitrogens with zero attached hydrogens (tertiary/aromatic N) is 2. The average Bonchev–Trinajstić information content (AvgIpc) is 2.41. The van der Waals surface area contributed by atoms with Crippen molar-refractivity contribution in [1.29, 1.82) is 0 Å². The lowest BCUT2D eigenvalue weighted by Crippen LogP contribution is -1.76. The molecule has 1 heterocycles. The van der Waals surface area contributed by atoms with E-state index in [1.807, 2.05) is 24.4 Å². The molecular weight excluding hydrogens is 124 g/mol. The Labute approximate surface area is 60.7 Å². The molecule has 2 nitrogen and oxygen atoms in total. The highest BCUT2D eigenvalue weighted by Crippen LogP contribution is 2.00. The summed E-state index contributed by atoms with van der Waals surface area (Å²) < 4.78 is 0. The minimum atomic E-state index is 0.814. The molecule has 1 aliphatic rings. The molecule has 1 rings (SSSR count). The van der Waals surface area contributed by atoms with Crippen molar-refractivity contribution in [2.24, 2.45) is 9.98 Å². The van der Waals surface area contributed by atoms with E-state index >= 15 is 0 Å². The Morgan fingerprint density at radius 1 is 1.70 bits per heavy atom. The summed E-state index contributed by atoms with van der Waals surface area (Å²) >= 11 is 0. The average molecular weight is 134 g/mol. The molecule has 0 bridgehead atoms. The van der Waals surface area contributed by atoms with E-state index < -0.39 is 0 Å². The lowest BCUT2D eigenvalue weighted by Gasteiger charge is -1.85. The Balaban J connectivity index is 2.39. The quantitative estimate of drug-likeness (QED) is 0.508. The third-order valence-corrected chi connectivity index (χ3v) is 1.21. The van der Waals surface area contributed by atoms with Gasteiger partial charge in [0.1, 0.15) is 0 Å². The van der Waals surface area contributed by atoms with Crippen molar-refractivity contribution in [1.82, 2.24) is 0 Å². The van der Waals surface area contributed by atoms with E-state index in [0.29, 0.717) is 0 Å². The van der Waals surface area contributed by atoms with Crippen LogP contribution in [0.5, 0.6) is 0 Å². The van der Waals surface area contributed by atoms with Gasteiger partial charge in [-0.15, -0.1) is 0 Å². The van der Waals surface area contributed by atoms with Crippen LogP contribution in [0, 0.1) is 0 Å². The first-order chi connectivity index (χ1) is 4.93. The molecule has 0 saturated carbocycles. The van der Waals surface area contributed by atoms with Crippen LogP contribution in [0.3, 0.4) is 0 Å². The minimum absolute atomic E-state index is 0.814. The van der Waals surface area contributed by atoms with E-state index in [2.05, 4.69) is 9.98 Å². The second kappa shape index (κ2) is 3.77. The van der Waals surface area contributed by atoms with Gasteiger partial charge >= 0.3 is 0 Å². The Morgan fingerprint density at radius 2 is 2.60 bits per heavy atom. The van der Waals surface area contributed by atoms with Crippen LogP contribution in [0.2, 0.25) is 0 Å². The predicted octanol–water partition coefficient (Wildman–Crippen LogP) is 1.25. The molecule has 0 radical (unpaired) electrons. The molecule has 0 saturated heterocycles. The van der Waals surface area contributed by atoms with Crippen molar-refractivity contribution in [2.75, 3.05) is 13.6 Å². The van der Waals surface area contributed by atoms with Crippen LogP contribution in [0.25, 0.3) is 0 Å². The maximum Gasteiger partial charge on any atom is 0.0640 e. The normalized spacial score (nSPS) is 17.5. The summed E-state index contributed by atoms with van der Waals surface area (Å²) in [5.41, 5.74) is 1.24. The summed E-state index contributed by atoms with van der Waals surface area (Å²) in [5, 5.41) is 0. The number of allylic oxidation sites excluding steroid dienone is 2. The van der Waals surface area contributed by atoms with Crippen molar-refractivity contribution in [3.8, 4) is 0 Å². The molecule has 2 heteroatoms. The van der Waals surface area contributed by atoms with Crippen molar-refractivity contribution in [3.05, 3.63) is 23.8 Å². The lowest BCUT2D eigenvalue weighted by molar-refractivity contribution is 1.23. The number of hydrogen-bond donors (Lipinski definition) is 0. The Kier molecular flexibility index (Phi) is 2.62. The smallest absolute Gasteiger partial charge is 0.0640 e. The van der Waals surface area contributed by atoms with Gasteiger partial charge in [-0.1, -0.05) is 6.08 Å². The monoisotopic (exact) mass is 134 g/mol. The Bertz CT molecular complexity index is 209. The molecule has 0 amide bonds. The largest absolute Gasteiger partial charge is 0.297 e. The van der Waals surface area contributed by atoms with Gasteiger partial charge in [-0.2, -0.15) is 0 Å². The van der Waals surface area contributed by atoms with Gasteiger partial charge < -0.3 is 0 Å². The van der Waals surface area contributed by atoms with Crippen molar-refractivity contribution < 1.29 is 0 Å². The molecular formula is C8H10N2. The summed E-state index contributed by atoms with van der Waals surface area (Å²) in [5.74, 6) is 0. The maximum absolute atomic E-state index is 4.03. The molecule has 0 N–H and O–H groups in total. The van der Waals surface area contributed by atoms with Gasteiger partial charge in [0.15, 0.2) is 0 Å². The second-order valence-corrected chi connectivity index (χ2v) is 2.00. The van der Waals surface area contributed by atoms with Gasteiger partial charge in [0.05, 0.1) is 6.54 Å². The lowest BCUT2D eigenvalue weighted by atomic mass is 10.2. The van der Waals surface area contributed by atoms with E-state index in [0.717, 1.165) is 6.54 Å². The van der Waals surface area contributed by atoms with E-state index in [1.54, 1.807) is 13.3 Å². The van der Waals surface area contributed by atoms with Gasteiger partial charge in [0, 0.05) is 19.5 Å². The van der Waals surface area contributed by atoms with Crippen LogP contribution in [0.4, 0.5) is 0 Å². The standard InChI is InChI=1S/C8H10N2/c1-9-5-2-3-8-4-6-10-7-8/h2-6H,7H2,1H3/b3-2-,9-5?. The third kappa shape index (κ3) is 1.97. The zero-order valence-electron chi connectivity index (χ0n) is 5.99. The molecule has 52 valence electrons. The highest BCUT2D eigenvalue weighted by Gasteiger charge is 1.91. The molecule has 0 aromatic carbocycles. The van der Waals surface area contributed by atoms with E-state index in [1.165, 1.54) is 5.57 Å². The summed E-state index contributed by atoms with van der Waals surface area (Å²) in [6.45, 7) is 0.814. The maximum atomic E-state index is 4.03. The number of hydrogen-bond acceptors (Lipinski definition) is 2. The SMILES string of the molecule is CN=C/C=C\C1=CC=NC1. The van der Waals surface area contributed by atoms with E-state index in [4.69, 9.17) is 0 Å². The molecule has 0 unspecified atom stereocenters. The topological polar surface area (TPSA) is 24.7 Å². The van der Waals surface area contributed by atoms with Gasteiger partial charge in [0.2, 0.25) is 0 Å². The van der Waals surface area contributed by atoms with Crippen LogP contribution >= 0.6 is 0 Å². The third-order valence-electron chi connectivity index (χ3n) is 1.21. The van der Waals surface area contributed by atoms with Crippen LogP contribution in [0.1, 0.15) is 0 Å². The van der Waals surface area contributed by atoms with Crippen LogP contribution in [0.15, 0.2) is 33.8 Å². The van der Waals surface area contributed by atoms with Crippen molar-refractivity contribution in [2.45, 2.75) is 0 Å². The fourth-order valence-corrected chi connectivity index (χ4v) is 0.720. The zero-order valence-corrected chi connectivity index (χ0v) is 5.99. The molecule has 0 fully saturated rings. The molecule has 10 heavy (non-hydrogen) atoms. The highest BCUT2D eigenvalue weighted by molar-refractivity contribution is 5.78. The molecule has 0 aromatic heterocycles. The highest BCUT2D eigenvalue weighted by atomic mass is 14.7. The summed E-state index contributed by atoms with van der Waals surface area (Å²) in [6, 6.07) is 0. The Hall–Kier alpha value is -1.18. The van der Waals surface area contributed by atoms with Crippen LogP contribution in [-0.4, -0.2) is 26.0 Å². The first-order valence-corrected chi connectivity index (χ1v) is 3.21. The number of rotatable bonds is 2. The summed E-state index contributed by atoms with van der Waals surface area (Å²) in [6.07, 6.45) is 9.52. The zero-order chi connectivity index (χ0) is 7.23. The molecule has 0 atom stereocenters. The van der Waals surface area contributed by atoms with Crippen LogP contribution < -0.4 is 0 Å².